The highest BCUT2D eigenvalue weighted by Crippen LogP contribution is 2.03. The second-order valence-corrected chi connectivity index (χ2v) is 2.68. The molecule has 0 spiro atoms. The first-order valence-electron chi connectivity index (χ1n) is 2.91. The van der Waals surface area contributed by atoms with Gasteiger partial charge in [-0.3, -0.25) is 10.1 Å². The summed E-state index contributed by atoms with van der Waals surface area (Å²) in [7, 11) is 0. The molecular formula is C4H7N5OS. The minimum atomic E-state index is -0.543. The number of anilines is 1. The number of carbonyl (C=O) groups excluding carboxylic acids is 1. The maximum Gasteiger partial charge on any atom is 0.242 e. The van der Waals surface area contributed by atoms with E-state index >= 15 is 0 Å². The number of aromatic nitrogens is 3. The zero-order valence-electron chi connectivity index (χ0n) is 5.81. The molecule has 1 aromatic rings. The Balaban J connectivity index is 2.50. The van der Waals surface area contributed by atoms with Crippen molar-refractivity contribution in [3.63, 3.8) is 0 Å². The van der Waals surface area contributed by atoms with Crippen molar-refractivity contribution in [1.29, 1.82) is 0 Å². The molecule has 0 aromatic carbocycles. The fourth-order valence-electron chi connectivity index (χ4n) is 0.401. The minimum Gasteiger partial charge on any atom is -0.320 e. The molecule has 11 heavy (non-hydrogen) atoms. The van der Waals surface area contributed by atoms with Crippen molar-refractivity contribution in [3.05, 3.63) is 0 Å². The van der Waals surface area contributed by atoms with Crippen LogP contribution in [0.1, 0.15) is 6.92 Å². The Labute approximate surface area is 67.0 Å². The second kappa shape index (κ2) is 3.35. The lowest BCUT2D eigenvalue weighted by molar-refractivity contribution is -0.117. The first-order chi connectivity index (χ1) is 5.20. The number of amides is 1. The molecule has 0 aliphatic rings. The topological polar surface area (TPSA) is 93.8 Å². The van der Waals surface area contributed by atoms with E-state index in [1.165, 1.54) is 0 Å². The second-order valence-electron chi connectivity index (χ2n) is 1.95. The summed E-state index contributed by atoms with van der Waals surface area (Å²) >= 11 is 1.01. The average molecular weight is 173 g/mol. The van der Waals surface area contributed by atoms with Crippen molar-refractivity contribution in [2.45, 2.75) is 13.0 Å². The summed E-state index contributed by atoms with van der Waals surface area (Å²) in [6.45, 7) is 1.59. The highest BCUT2D eigenvalue weighted by atomic mass is 32.1. The van der Waals surface area contributed by atoms with Crippen LogP contribution >= 0.6 is 11.5 Å². The standard InChI is InChI=1S/C4H7N5OS/c1-2(5)3(10)6-4-7-8-9-11-4/h2H,5H2,1H3,(H,6,7,9,10). The summed E-state index contributed by atoms with van der Waals surface area (Å²) in [4.78, 5) is 10.9. The Morgan fingerprint density at radius 2 is 2.55 bits per heavy atom. The third-order valence-corrected chi connectivity index (χ3v) is 1.45. The number of nitrogens with one attached hydrogen (secondary N) is 1. The van der Waals surface area contributed by atoms with Crippen molar-refractivity contribution in [2.24, 2.45) is 5.73 Å². The number of rotatable bonds is 2. The van der Waals surface area contributed by atoms with Crippen LogP contribution in [0.5, 0.6) is 0 Å². The molecule has 0 fully saturated rings. The molecule has 7 heteroatoms. The first-order valence-corrected chi connectivity index (χ1v) is 3.69. The zero-order valence-corrected chi connectivity index (χ0v) is 6.63. The quantitative estimate of drug-likeness (QED) is 0.611. The van der Waals surface area contributed by atoms with E-state index in [1.54, 1.807) is 6.92 Å². The number of nitrogens with two attached hydrogens (primary N) is 1. The van der Waals surface area contributed by atoms with Crippen molar-refractivity contribution < 1.29 is 4.79 Å². The molecule has 1 amide bonds. The molecule has 0 bridgehead atoms. The minimum absolute atomic E-state index is 0.288. The fourth-order valence-corrected chi connectivity index (χ4v) is 0.771. The van der Waals surface area contributed by atoms with Crippen LogP contribution in [0.25, 0.3) is 0 Å². The summed E-state index contributed by atoms with van der Waals surface area (Å²) in [5.74, 6) is -0.288. The molecule has 3 N–H and O–H groups in total. The lowest BCUT2D eigenvalue weighted by Gasteiger charge is -2.01. The van der Waals surface area contributed by atoms with Crippen LogP contribution in [0.2, 0.25) is 0 Å². The van der Waals surface area contributed by atoms with Crippen molar-refractivity contribution >= 4 is 22.6 Å². The van der Waals surface area contributed by atoms with Gasteiger partial charge in [-0.2, -0.15) is 0 Å². The van der Waals surface area contributed by atoms with Gasteiger partial charge in [0.15, 0.2) is 0 Å². The predicted molar refractivity (Wildman–Crippen MR) is 40.0 cm³/mol. The van der Waals surface area contributed by atoms with Crippen LogP contribution in [0.3, 0.4) is 0 Å². The molecule has 0 saturated carbocycles. The van der Waals surface area contributed by atoms with Gasteiger partial charge < -0.3 is 5.73 Å². The number of nitrogens with zero attached hydrogens (tertiary/aromatic N) is 3. The molecule has 1 unspecified atom stereocenters. The molecule has 0 aliphatic carbocycles. The van der Waals surface area contributed by atoms with Gasteiger partial charge in [-0.15, -0.1) is 0 Å². The van der Waals surface area contributed by atoms with E-state index in [0.717, 1.165) is 11.5 Å². The maximum absolute atomic E-state index is 10.9. The molecule has 6 nitrogen and oxygen atoms in total. The Morgan fingerprint density at radius 1 is 1.82 bits per heavy atom. The van der Waals surface area contributed by atoms with E-state index in [2.05, 4.69) is 20.1 Å². The van der Waals surface area contributed by atoms with Crippen LogP contribution in [0.15, 0.2) is 0 Å². The Kier molecular flexibility index (Phi) is 2.44. The van der Waals surface area contributed by atoms with Gasteiger partial charge in [0, 0.05) is 11.5 Å². The van der Waals surface area contributed by atoms with E-state index < -0.39 is 6.04 Å². The third kappa shape index (κ3) is 2.20. The summed E-state index contributed by atoms with van der Waals surface area (Å²) in [6.07, 6.45) is 0. The largest absolute Gasteiger partial charge is 0.320 e. The van der Waals surface area contributed by atoms with Gasteiger partial charge in [-0.05, 0) is 12.1 Å². The van der Waals surface area contributed by atoms with Crippen LogP contribution in [0.4, 0.5) is 5.13 Å². The SMILES string of the molecule is CC(N)C(=O)Nc1nnns1. The van der Waals surface area contributed by atoms with Crippen LogP contribution in [-0.2, 0) is 4.79 Å². The van der Waals surface area contributed by atoms with E-state index in [9.17, 15) is 4.79 Å². The molecule has 1 aromatic heterocycles. The maximum atomic E-state index is 10.9. The summed E-state index contributed by atoms with van der Waals surface area (Å²) in [6, 6.07) is -0.543. The highest BCUT2D eigenvalue weighted by molar-refractivity contribution is 7.09. The summed E-state index contributed by atoms with van der Waals surface area (Å²) < 4.78 is 3.46. The monoisotopic (exact) mass is 173 g/mol. The molecule has 0 radical (unpaired) electrons. The fraction of sp³-hybridized carbons (Fsp3) is 0.500. The van der Waals surface area contributed by atoms with Gasteiger partial charge in [-0.1, -0.05) is 9.59 Å². The predicted octanol–water partition coefficient (Wildman–Crippen LogP) is -0.781. The van der Waals surface area contributed by atoms with Gasteiger partial charge in [0.1, 0.15) is 0 Å². The number of hydrogen-bond acceptors (Lipinski definition) is 6. The Hall–Kier alpha value is -1.08. The number of hydrogen-bond donors (Lipinski definition) is 2. The first kappa shape index (κ1) is 8.02. The van der Waals surface area contributed by atoms with Crippen LogP contribution in [0, 0.1) is 0 Å². The summed E-state index contributed by atoms with van der Waals surface area (Å²) in [5.41, 5.74) is 5.28. The van der Waals surface area contributed by atoms with Gasteiger partial charge >= 0.3 is 0 Å². The van der Waals surface area contributed by atoms with E-state index in [-0.39, 0.29) is 5.91 Å². The molecule has 1 heterocycles. The smallest absolute Gasteiger partial charge is 0.242 e. The molecule has 0 aliphatic heterocycles. The van der Waals surface area contributed by atoms with E-state index in [0.29, 0.717) is 5.13 Å². The molecule has 60 valence electrons. The van der Waals surface area contributed by atoms with Gasteiger partial charge in [-0.25, -0.2) is 0 Å². The Morgan fingerprint density at radius 3 is 3.00 bits per heavy atom. The Bertz CT molecular complexity index is 233. The van der Waals surface area contributed by atoms with Crippen molar-refractivity contribution in [2.75, 3.05) is 5.32 Å². The molecule has 1 atom stereocenters. The molecule has 1 rings (SSSR count). The highest BCUT2D eigenvalue weighted by Gasteiger charge is 2.08. The normalized spacial score (nSPS) is 12.5. The van der Waals surface area contributed by atoms with E-state index in [4.69, 9.17) is 5.73 Å². The lowest BCUT2D eigenvalue weighted by Crippen LogP contribution is -2.32. The molecule has 0 saturated heterocycles. The van der Waals surface area contributed by atoms with E-state index in [1.807, 2.05) is 0 Å². The van der Waals surface area contributed by atoms with Crippen molar-refractivity contribution in [1.82, 2.24) is 14.8 Å². The zero-order chi connectivity index (χ0) is 8.27. The average Bonchev–Trinajstić information content (AvgIpc) is 2.39. The van der Waals surface area contributed by atoms with Gasteiger partial charge in [0.05, 0.1) is 6.04 Å². The van der Waals surface area contributed by atoms with Gasteiger partial charge in [0.2, 0.25) is 11.0 Å². The van der Waals surface area contributed by atoms with Crippen LogP contribution < -0.4 is 11.1 Å². The summed E-state index contributed by atoms with van der Waals surface area (Å²) in [5, 5.41) is 9.61. The number of carbonyl (C=O) groups is 1. The third-order valence-electron chi connectivity index (χ3n) is 0.943. The molecular weight excluding hydrogens is 166 g/mol. The van der Waals surface area contributed by atoms with Crippen LogP contribution in [-0.4, -0.2) is 26.7 Å². The van der Waals surface area contributed by atoms with Gasteiger partial charge in [0.25, 0.3) is 0 Å². The van der Waals surface area contributed by atoms with Crippen molar-refractivity contribution in [3.8, 4) is 0 Å². The lowest BCUT2D eigenvalue weighted by atomic mass is 10.3.